The van der Waals surface area contributed by atoms with E-state index in [4.69, 9.17) is 3.76 Å². The van der Waals surface area contributed by atoms with Crippen molar-refractivity contribution in [2.24, 2.45) is 0 Å². The van der Waals surface area contributed by atoms with E-state index in [1.54, 1.807) is 10.5 Å². The second-order valence-electron chi connectivity index (χ2n) is 6.23. The van der Waals surface area contributed by atoms with Crippen LogP contribution in [0.4, 0.5) is 0 Å². The van der Waals surface area contributed by atoms with Crippen molar-refractivity contribution in [2.45, 2.75) is 92.7 Å². The first-order chi connectivity index (χ1) is 8.41. The molecule has 1 nitrogen and oxygen atoms in total. The normalized spacial score (nSPS) is 12.7. The topological polar surface area (TPSA) is 9.23 Å². The van der Waals surface area contributed by atoms with Crippen molar-refractivity contribution in [1.82, 2.24) is 0 Å². The van der Waals surface area contributed by atoms with Crippen LogP contribution >= 0.6 is 0 Å². The predicted molar refractivity (Wildman–Crippen MR) is 87.3 cm³/mol. The van der Waals surface area contributed by atoms with Crippen molar-refractivity contribution in [2.75, 3.05) is 0 Å². The molecule has 0 aromatic rings. The number of hydrogen-bond donors (Lipinski definition) is 0. The Morgan fingerprint density at radius 2 is 1.39 bits per heavy atom. The van der Waals surface area contributed by atoms with Crippen LogP contribution in [0.25, 0.3) is 0 Å². The first-order valence-electron chi connectivity index (χ1n) is 7.74. The molecule has 0 heterocycles. The van der Waals surface area contributed by atoms with Crippen LogP contribution < -0.4 is 0 Å². The van der Waals surface area contributed by atoms with Gasteiger partial charge in [0, 0.05) is 0 Å². The van der Waals surface area contributed by atoms with Gasteiger partial charge in [-0.15, -0.1) is 0 Å². The van der Waals surface area contributed by atoms with E-state index >= 15 is 0 Å². The van der Waals surface area contributed by atoms with Gasteiger partial charge in [-0.3, -0.25) is 0 Å². The summed E-state index contributed by atoms with van der Waals surface area (Å²) < 4.78 is 6.19. The molecule has 108 valence electrons. The van der Waals surface area contributed by atoms with Crippen molar-refractivity contribution in [3.63, 3.8) is 0 Å². The maximum atomic E-state index is 6.19. The minimum absolute atomic E-state index is 0.162. The second kappa shape index (κ2) is 10.8. The van der Waals surface area contributed by atoms with Gasteiger partial charge in [0.05, 0.1) is 0 Å². The van der Waals surface area contributed by atoms with Crippen molar-refractivity contribution in [1.29, 1.82) is 0 Å². The summed E-state index contributed by atoms with van der Waals surface area (Å²) in [7, 11) is 0. The Bertz CT molecular complexity index is 185. The van der Waals surface area contributed by atoms with Gasteiger partial charge in [-0.05, 0) is 0 Å². The van der Waals surface area contributed by atoms with E-state index in [1.165, 1.54) is 37.4 Å². The van der Waals surface area contributed by atoms with E-state index in [0.717, 1.165) is 0 Å². The summed E-state index contributed by atoms with van der Waals surface area (Å²) in [4.78, 5) is 0. The van der Waals surface area contributed by atoms with Crippen LogP contribution in [-0.2, 0) is 3.76 Å². The third-order valence-electron chi connectivity index (χ3n) is 3.33. The van der Waals surface area contributed by atoms with Gasteiger partial charge in [-0.25, -0.2) is 0 Å². The van der Waals surface area contributed by atoms with E-state index in [2.05, 4.69) is 39.2 Å². The molecule has 0 aromatic heterocycles. The maximum absolute atomic E-state index is 6.19. The first-order valence-corrected chi connectivity index (χ1v) is 17.2. The average molecular weight is 376 g/mol. The van der Waals surface area contributed by atoms with Crippen LogP contribution in [0.1, 0.15) is 59.8 Å². The number of hydrogen-bond acceptors (Lipinski definition) is 1. The van der Waals surface area contributed by atoms with Gasteiger partial charge in [0.25, 0.3) is 0 Å². The van der Waals surface area contributed by atoms with Gasteiger partial charge < -0.3 is 0 Å². The van der Waals surface area contributed by atoms with Crippen LogP contribution in [0.15, 0.2) is 0 Å². The SMILES string of the molecule is CCC[CH2][Ge]([CH2]CCC)[CH2]CC(C)(C)[O][Ge]([CH3])[CH3]. The van der Waals surface area contributed by atoms with Gasteiger partial charge in [-0.1, -0.05) is 0 Å². The Labute approximate surface area is 125 Å². The van der Waals surface area contributed by atoms with Gasteiger partial charge >= 0.3 is 125 Å². The molecule has 0 unspecified atom stereocenters. The first kappa shape index (κ1) is 19.0. The molecule has 0 atom stereocenters. The Balaban J connectivity index is 4.05. The fourth-order valence-electron chi connectivity index (χ4n) is 2.31. The van der Waals surface area contributed by atoms with Gasteiger partial charge in [-0.2, -0.15) is 0 Å². The molecule has 0 N–H and O–H groups in total. The summed E-state index contributed by atoms with van der Waals surface area (Å²) in [5.41, 5.74) is 0.162. The van der Waals surface area contributed by atoms with Crippen molar-refractivity contribution >= 4 is 29.0 Å². The van der Waals surface area contributed by atoms with Crippen molar-refractivity contribution in [3.05, 3.63) is 0 Å². The molecule has 0 bridgehead atoms. The van der Waals surface area contributed by atoms with Crippen LogP contribution in [-0.4, -0.2) is 34.6 Å². The van der Waals surface area contributed by atoms with Crippen LogP contribution in [0.2, 0.25) is 27.3 Å². The summed E-state index contributed by atoms with van der Waals surface area (Å²) in [6.45, 7) is 9.27. The molecule has 18 heavy (non-hydrogen) atoms. The molecule has 0 fully saturated rings. The molecule has 0 aromatic carbocycles. The quantitative estimate of drug-likeness (QED) is 0.432. The minimum atomic E-state index is -1.13. The fraction of sp³-hybridized carbons (Fsp3) is 1.00. The predicted octanol–water partition coefficient (Wildman–Crippen LogP) is 5.52. The van der Waals surface area contributed by atoms with E-state index in [0.29, 0.717) is 0 Å². The summed E-state index contributed by atoms with van der Waals surface area (Å²) in [6, 6.07) is 0. The zero-order valence-electron chi connectivity index (χ0n) is 13.6. The molecule has 0 aliphatic heterocycles. The molecule has 0 amide bonds. The zero-order chi connectivity index (χ0) is 14.0. The molecule has 0 aliphatic rings. The Hall–Kier alpha value is 1.05. The molecule has 0 saturated heterocycles. The summed E-state index contributed by atoms with van der Waals surface area (Å²) in [5, 5.41) is 4.71. The third kappa shape index (κ3) is 10.9. The molecule has 2 radical (unpaired) electrons. The summed E-state index contributed by atoms with van der Waals surface area (Å²) in [5.74, 6) is 4.63. The van der Waals surface area contributed by atoms with Crippen LogP contribution in [0.5, 0.6) is 0 Å². The molecule has 0 saturated carbocycles. The summed E-state index contributed by atoms with van der Waals surface area (Å²) >= 11 is -1.89. The average Bonchev–Trinajstić information content (AvgIpc) is 2.26. The Morgan fingerprint density at radius 3 is 1.78 bits per heavy atom. The monoisotopic (exact) mass is 378 g/mol. The zero-order valence-corrected chi connectivity index (χ0v) is 17.8. The molecule has 3 heteroatoms. The third-order valence-corrected chi connectivity index (χ3v) is 11.8. The molecule has 0 rings (SSSR count). The van der Waals surface area contributed by atoms with Gasteiger partial charge in [0.15, 0.2) is 0 Å². The van der Waals surface area contributed by atoms with E-state index in [1.807, 2.05) is 0 Å². The second-order valence-corrected chi connectivity index (χ2v) is 16.8. The standard InChI is InChI=1S/C15H34Ge2O/c1-7-9-12-17(13-10-8-2)14-11-15(3,4)18-16(5)6/h7-14H2,1-6H3. The molecular formula is C15H34Ge2O. The molecule has 0 aliphatic carbocycles. The van der Waals surface area contributed by atoms with E-state index in [9.17, 15) is 0 Å². The van der Waals surface area contributed by atoms with Gasteiger partial charge in [0.1, 0.15) is 0 Å². The Kier molecular flexibility index (Phi) is 11.4. The Morgan fingerprint density at radius 1 is 0.889 bits per heavy atom. The molecular weight excluding hydrogens is 341 g/mol. The van der Waals surface area contributed by atoms with Gasteiger partial charge in [0.2, 0.25) is 0 Å². The van der Waals surface area contributed by atoms with E-state index < -0.39 is 29.0 Å². The molecule has 0 spiro atoms. The van der Waals surface area contributed by atoms with Crippen molar-refractivity contribution < 1.29 is 3.76 Å². The summed E-state index contributed by atoms with van der Waals surface area (Å²) in [6.07, 6.45) is 7.02. The van der Waals surface area contributed by atoms with Crippen molar-refractivity contribution in [3.8, 4) is 0 Å². The van der Waals surface area contributed by atoms with Crippen LogP contribution in [0, 0.1) is 0 Å². The number of unbranched alkanes of at least 4 members (excludes halogenated alkanes) is 2. The van der Waals surface area contributed by atoms with E-state index in [-0.39, 0.29) is 5.60 Å². The fourth-order valence-corrected chi connectivity index (χ4v) is 12.0. The van der Waals surface area contributed by atoms with Crippen LogP contribution in [0.3, 0.4) is 0 Å². The number of rotatable bonds is 11.